The molecule has 162 valence electrons. The van der Waals surface area contributed by atoms with Crippen molar-refractivity contribution < 1.29 is 19.1 Å². The van der Waals surface area contributed by atoms with Crippen LogP contribution in [0.3, 0.4) is 0 Å². The van der Waals surface area contributed by atoms with E-state index in [4.69, 9.17) is 9.47 Å². The Hall–Kier alpha value is -2.54. The summed E-state index contributed by atoms with van der Waals surface area (Å²) in [7, 11) is 3.22. The van der Waals surface area contributed by atoms with Crippen LogP contribution >= 0.6 is 11.3 Å². The number of nitrogens with one attached hydrogen (secondary N) is 1. The molecule has 2 amide bonds. The van der Waals surface area contributed by atoms with Crippen molar-refractivity contribution in [1.29, 1.82) is 0 Å². The minimum atomic E-state index is -0.491. The van der Waals surface area contributed by atoms with Gasteiger partial charge in [0.05, 0.1) is 30.1 Å². The number of hydrogen-bond donors (Lipinski definition) is 1. The zero-order chi connectivity index (χ0) is 22.1. The van der Waals surface area contributed by atoms with Crippen molar-refractivity contribution in [3.63, 3.8) is 0 Å². The third-order valence-electron chi connectivity index (χ3n) is 5.34. The number of likely N-dealkylation sites (tertiary alicyclic amines) is 1. The van der Waals surface area contributed by atoms with Crippen LogP contribution < -0.4 is 14.8 Å². The normalized spacial score (nSPS) is 16.5. The molecule has 0 aliphatic carbocycles. The number of amides is 2. The van der Waals surface area contributed by atoms with Crippen molar-refractivity contribution in [2.45, 2.75) is 46.6 Å². The summed E-state index contributed by atoms with van der Waals surface area (Å²) in [6.07, 6.45) is 1.85. The van der Waals surface area contributed by atoms with Gasteiger partial charge in [-0.15, -0.1) is 11.3 Å². The summed E-state index contributed by atoms with van der Waals surface area (Å²) in [6, 6.07) is 7.69. The minimum absolute atomic E-state index is 0.00559. The molecule has 1 aliphatic rings. The van der Waals surface area contributed by atoms with Crippen LogP contribution in [-0.2, 0) is 4.79 Å². The number of carbonyl (C=O) groups is 2. The molecule has 1 N–H and O–H groups in total. The summed E-state index contributed by atoms with van der Waals surface area (Å²) in [4.78, 5) is 28.3. The molecule has 7 heteroatoms. The first kappa shape index (κ1) is 22.2. The molecule has 1 aliphatic heterocycles. The van der Waals surface area contributed by atoms with Crippen LogP contribution in [0.2, 0.25) is 0 Å². The predicted molar refractivity (Wildman–Crippen MR) is 120 cm³/mol. The lowest BCUT2D eigenvalue weighted by molar-refractivity contribution is -0.123. The summed E-state index contributed by atoms with van der Waals surface area (Å²) in [5, 5.41) is 3.64. The second-order valence-corrected chi connectivity index (χ2v) is 9.65. The van der Waals surface area contributed by atoms with Crippen LogP contribution in [0.1, 0.15) is 60.5 Å². The molecule has 3 rings (SSSR count). The Morgan fingerprint density at radius 1 is 1.13 bits per heavy atom. The Bertz CT molecular complexity index is 945. The molecule has 0 radical (unpaired) electrons. The number of ether oxygens (including phenoxy) is 2. The van der Waals surface area contributed by atoms with E-state index in [9.17, 15) is 9.59 Å². The van der Waals surface area contributed by atoms with E-state index in [2.05, 4.69) is 5.32 Å². The average Bonchev–Trinajstić information content (AvgIpc) is 3.33. The molecule has 1 aromatic heterocycles. The number of nitrogens with zero attached hydrogens (tertiary/aromatic N) is 1. The molecular weight excluding hydrogens is 400 g/mol. The molecule has 1 unspecified atom stereocenters. The van der Waals surface area contributed by atoms with Gasteiger partial charge < -0.3 is 19.7 Å². The maximum Gasteiger partial charge on any atom is 0.264 e. The van der Waals surface area contributed by atoms with E-state index >= 15 is 0 Å². The number of methoxy groups -OCH3 is 2. The molecule has 30 heavy (non-hydrogen) atoms. The van der Waals surface area contributed by atoms with Crippen LogP contribution in [0.5, 0.6) is 11.5 Å². The monoisotopic (exact) mass is 430 g/mol. The maximum atomic E-state index is 13.4. The molecule has 1 saturated heterocycles. The maximum absolute atomic E-state index is 13.4. The Morgan fingerprint density at radius 2 is 1.83 bits per heavy atom. The van der Waals surface area contributed by atoms with E-state index in [-0.39, 0.29) is 17.9 Å². The van der Waals surface area contributed by atoms with E-state index < -0.39 is 5.41 Å². The lowest BCUT2D eigenvalue weighted by atomic mass is 9.96. The highest BCUT2D eigenvalue weighted by atomic mass is 32.1. The predicted octanol–water partition coefficient (Wildman–Crippen LogP) is 5.04. The van der Waals surface area contributed by atoms with E-state index in [1.807, 2.05) is 56.9 Å². The van der Waals surface area contributed by atoms with Crippen LogP contribution in [0, 0.1) is 12.3 Å². The van der Waals surface area contributed by atoms with Crippen molar-refractivity contribution in [2.24, 2.45) is 5.41 Å². The summed E-state index contributed by atoms with van der Waals surface area (Å²) in [5.41, 5.74) is 1.43. The fourth-order valence-corrected chi connectivity index (χ4v) is 4.63. The zero-order valence-corrected chi connectivity index (χ0v) is 19.3. The van der Waals surface area contributed by atoms with Crippen LogP contribution in [0.25, 0.3) is 0 Å². The number of thiophene rings is 1. The fraction of sp³-hybridized carbons (Fsp3) is 0.478. The Labute approximate surface area is 182 Å². The quantitative estimate of drug-likeness (QED) is 0.722. The van der Waals surface area contributed by atoms with Crippen LogP contribution in [-0.4, -0.2) is 37.5 Å². The van der Waals surface area contributed by atoms with Gasteiger partial charge in [-0.25, -0.2) is 0 Å². The van der Waals surface area contributed by atoms with Crippen LogP contribution in [0.15, 0.2) is 24.3 Å². The lowest BCUT2D eigenvalue weighted by Gasteiger charge is -2.25. The molecule has 6 nitrogen and oxygen atoms in total. The number of anilines is 1. The molecule has 1 aromatic carbocycles. The number of carbonyl (C=O) groups excluding carboxylic acids is 2. The topological polar surface area (TPSA) is 67.9 Å². The molecule has 2 heterocycles. The Kier molecular flexibility index (Phi) is 6.41. The first-order chi connectivity index (χ1) is 14.2. The van der Waals surface area contributed by atoms with E-state index in [1.165, 1.54) is 11.3 Å². The molecule has 0 saturated carbocycles. The molecule has 0 bridgehead atoms. The molecular formula is C23H30N2O4S. The van der Waals surface area contributed by atoms with Crippen molar-refractivity contribution in [3.8, 4) is 11.5 Å². The van der Waals surface area contributed by atoms with Gasteiger partial charge in [0.2, 0.25) is 5.91 Å². The molecule has 2 aromatic rings. The van der Waals surface area contributed by atoms with Crippen LogP contribution in [0.4, 0.5) is 5.00 Å². The Balaban J connectivity index is 1.84. The van der Waals surface area contributed by atoms with Gasteiger partial charge in [0.1, 0.15) is 0 Å². The van der Waals surface area contributed by atoms with Crippen molar-refractivity contribution in [2.75, 3.05) is 26.1 Å². The van der Waals surface area contributed by atoms with Gasteiger partial charge in [-0.1, -0.05) is 26.8 Å². The zero-order valence-electron chi connectivity index (χ0n) is 18.5. The number of aryl methyl sites for hydroxylation is 1. The lowest BCUT2D eigenvalue weighted by Crippen LogP contribution is -2.30. The highest BCUT2D eigenvalue weighted by Crippen LogP contribution is 2.39. The standard InChI is InChI=1S/C23H30N2O4S/c1-14-12-19(24-22(27)23(2,3)4)30-20(14)21(26)25-11-7-8-16(25)15-9-10-17(28-5)18(13-15)29-6/h9-10,12-13,16H,7-8,11H2,1-6H3,(H,24,27). The minimum Gasteiger partial charge on any atom is -0.493 e. The summed E-state index contributed by atoms with van der Waals surface area (Å²) >= 11 is 1.34. The number of hydrogen-bond acceptors (Lipinski definition) is 5. The van der Waals surface area contributed by atoms with Gasteiger partial charge in [-0.3, -0.25) is 9.59 Å². The van der Waals surface area contributed by atoms with Gasteiger partial charge in [-0.2, -0.15) is 0 Å². The summed E-state index contributed by atoms with van der Waals surface area (Å²) in [6.45, 7) is 8.23. The summed E-state index contributed by atoms with van der Waals surface area (Å²) in [5.74, 6) is 1.28. The smallest absolute Gasteiger partial charge is 0.264 e. The van der Waals surface area contributed by atoms with E-state index in [1.54, 1.807) is 14.2 Å². The van der Waals surface area contributed by atoms with Crippen molar-refractivity contribution in [3.05, 3.63) is 40.3 Å². The highest BCUT2D eigenvalue weighted by molar-refractivity contribution is 7.18. The Morgan fingerprint density at radius 3 is 2.47 bits per heavy atom. The SMILES string of the molecule is COc1ccc(C2CCCN2C(=O)c2sc(NC(=O)C(C)(C)C)cc2C)cc1OC. The van der Waals surface area contributed by atoms with E-state index in [0.717, 1.165) is 24.0 Å². The van der Waals surface area contributed by atoms with Crippen molar-refractivity contribution in [1.82, 2.24) is 4.90 Å². The largest absolute Gasteiger partial charge is 0.493 e. The molecule has 1 fully saturated rings. The van der Waals surface area contributed by atoms with E-state index in [0.29, 0.717) is 27.9 Å². The second-order valence-electron chi connectivity index (χ2n) is 8.60. The third-order valence-corrected chi connectivity index (χ3v) is 6.48. The highest BCUT2D eigenvalue weighted by Gasteiger charge is 2.33. The van der Waals surface area contributed by atoms with Crippen molar-refractivity contribution >= 4 is 28.2 Å². The van der Waals surface area contributed by atoms with Gasteiger partial charge in [0, 0.05) is 12.0 Å². The van der Waals surface area contributed by atoms with Gasteiger partial charge in [0.15, 0.2) is 11.5 Å². The fourth-order valence-electron chi connectivity index (χ4n) is 3.60. The second kappa shape index (κ2) is 8.68. The summed E-state index contributed by atoms with van der Waals surface area (Å²) < 4.78 is 10.8. The van der Waals surface area contributed by atoms with Gasteiger partial charge in [0.25, 0.3) is 5.91 Å². The molecule has 1 atom stereocenters. The number of benzene rings is 1. The molecule has 0 spiro atoms. The average molecular weight is 431 g/mol. The third kappa shape index (κ3) is 4.46. The van der Waals surface area contributed by atoms with Gasteiger partial charge >= 0.3 is 0 Å². The first-order valence-electron chi connectivity index (χ1n) is 10.1. The first-order valence-corrected chi connectivity index (χ1v) is 10.9. The van der Waals surface area contributed by atoms with Gasteiger partial charge in [-0.05, 0) is 49.1 Å². The number of rotatable bonds is 5.